The van der Waals surface area contributed by atoms with E-state index in [4.69, 9.17) is 4.74 Å². The van der Waals surface area contributed by atoms with E-state index in [-0.39, 0.29) is 11.0 Å². The Labute approximate surface area is 87.5 Å². The normalized spacial score (nSPS) is 35.7. The molecular weight excluding hydrogens is 230 g/mol. The number of ketones is 1. The van der Waals surface area contributed by atoms with Gasteiger partial charge in [-0.15, -0.1) is 0 Å². The van der Waals surface area contributed by atoms with Crippen LogP contribution in [-0.2, 0) is 21.3 Å². The molecule has 13 heavy (non-hydrogen) atoms. The molecule has 0 aromatic carbocycles. The predicted molar refractivity (Wildman–Crippen MR) is 58.0 cm³/mol. The van der Waals surface area contributed by atoms with E-state index in [0.29, 0.717) is 6.42 Å². The van der Waals surface area contributed by atoms with Crippen molar-refractivity contribution in [2.24, 2.45) is 0 Å². The first-order chi connectivity index (χ1) is 6.06. The van der Waals surface area contributed by atoms with E-state index in [0.717, 1.165) is 0 Å². The van der Waals surface area contributed by atoms with Crippen LogP contribution < -0.4 is 0 Å². The van der Waals surface area contributed by atoms with Gasteiger partial charge in [-0.1, -0.05) is 18.4 Å². The third-order valence-corrected chi connectivity index (χ3v) is 4.00. The van der Waals surface area contributed by atoms with Crippen molar-refractivity contribution in [1.82, 2.24) is 0 Å². The van der Waals surface area contributed by atoms with Gasteiger partial charge < -0.3 is 4.74 Å². The van der Waals surface area contributed by atoms with Crippen LogP contribution >= 0.6 is 19.6 Å². The van der Waals surface area contributed by atoms with Crippen LogP contribution in [0.25, 0.3) is 0 Å². The van der Waals surface area contributed by atoms with E-state index in [2.05, 4.69) is 31.0 Å². The van der Waals surface area contributed by atoms with Gasteiger partial charge in [-0.2, -0.15) is 12.6 Å². The number of carbonyl (C=O) groups excluding carboxylic acids is 1. The van der Waals surface area contributed by atoms with Gasteiger partial charge >= 0.3 is 0 Å². The predicted octanol–water partition coefficient (Wildman–Crippen LogP) is 1.72. The van der Waals surface area contributed by atoms with Gasteiger partial charge in [-0.25, -0.2) is 4.20 Å². The minimum absolute atomic E-state index is 0.249. The summed E-state index contributed by atoms with van der Waals surface area (Å²) in [6, 6.07) is 0. The van der Waals surface area contributed by atoms with E-state index >= 15 is 0 Å². The fourth-order valence-electron chi connectivity index (χ4n) is 1.19. The van der Waals surface area contributed by atoms with Crippen LogP contribution in [0, 0.1) is 0 Å². The van der Waals surface area contributed by atoms with E-state index in [9.17, 15) is 8.99 Å². The molecule has 4 atom stereocenters. The molecule has 0 aliphatic carbocycles. The van der Waals surface area contributed by atoms with Gasteiger partial charge in [0.25, 0.3) is 0 Å². The number of ether oxygens (including phenoxy) is 1. The molecule has 0 aromatic heterocycles. The van der Waals surface area contributed by atoms with Gasteiger partial charge in [0.05, 0.1) is 0 Å². The molecule has 0 bridgehead atoms. The molecule has 1 saturated heterocycles. The zero-order chi connectivity index (χ0) is 10.0. The van der Waals surface area contributed by atoms with Crippen LogP contribution in [0.5, 0.6) is 0 Å². The molecule has 74 valence electrons. The lowest BCUT2D eigenvalue weighted by Crippen LogP contribution is -2.25. The summed E-state index contributed by atoms with van der Waals surface area (Å²) in [4.78, 5) is 11.2. The van der Waals surface area contributed by atoms with Gasteiger partial charge in [0.1, 0.15) is 19.0 Å². The van der Waals surface area contributed by atoms with Crippen molar-refractivity contribution < 1.29 is 13.7 Å². The maximum atomic E-state index is 12.7. The molecule has 0 spiro atoms. The van der Waals surface area contributed by atoms with Crippen molar-refractivity contribution in [1.29, 1.82) is 0 Å². The van der Waals surface area contributed by atoms with Gasteiger partial charge in [0, 0.05) is 5.25 Å². The summed E-state index contributed by atoms with van der Waals surface area (Å²) in [6.45, 7) is 3.33. The Morgan fingerprint density at radius 1 is 1.85 bits per heavy atom. The summed E-state index contributed by atoms with van der Waals surface area (Å²) < 4.78 is 17.9. The fraction of sp³-hybridized carbons (Fsp3) is 0.571. The molecule has 1 fully saturated rings. The molecule has 1 heterocycles. The van der Waals surface area contributed by atoms with Crippen LogP contribution in [0.1, 0.15) is 6.42 Å². The second-order valence-corrected chi connectivity index (χ2v) is 5.84. The molecule has 0 amide bonds. The Balaban J connectivity index is 2.66. The van der Waals surface area contributed by atoms with Gasteiger partial charge in [0.15, 0.2) is 5.78 Å². The zero-order valence-corrected chi connectivity index (χ0v) is 9.48. The molecule has 4 unspecified atom stereocenters. The third-order valence-electron chi connectivity index (χ3n) is 1.85. The highest BCUT2D eigenvalue weighted by molar-refractivity contribution is 8.03. The number of thiol groups is 1. The minimum atomic E-state index is -2.39. The Hall–Kier alpha value is 0.300. The zero-order valence-electron chi connectivity index (χ0n) is 6.77. The first kappa shape index (κ1) is 11.4. The molecular formula is C7H10FO2PS2. The Morgan fingerprint density at radius 3 is 2.85 bits per heavy atom. The first-order valence-corrected chi connectivity index (χ1v) is 6.86. The van der Waals surface area contributed by atoms with E-state index < -0.39 is 19.0 Å². The summed E-state index contributed by atoms with van der Waals surface area (Å²) in [7, 11) is -2.39. The van der Waals surface area contributed by atoms with Crippen LogP contribution in [-0.4, -0.2) is 23.0 Å². The van der Waals surface area contributed by atoms with Crippen molar-refractivity contribution in [3.8, 4) is 0 Å². The van der Waals surface area contributed by atoms with Gasteiger partial charge in [-0.3, -0.25) is 4.79 Å². The number of halogens is 1. The molecule has 2 nitrogen and oxygen atoms in total. The summed E-state index contributed by atoms with van der Waals surface area (Å²) in [5, 5.41) is -0.255. The standard InChI is InChI=1S/C7H10FO2PS2/c1-2-4(9)7-5(12)3-6(10-7)11(8)13/h2,5-7,11-12H,1,3H2. The molecule has 0 aromatic rings. The molecule has 0 N–H and O–H groups in total. The third kappa shape index (κ3) is 2.62. The molecule has 0 radical (unpaired) electrons. The monoisotopic (exact) mass is 240 g/mol. The van der Waals surface area contributed by atoms with Crippen LogP contribution in [0.2, 0.25) is 0 Å². The largest absolute Gasteiger partial charge is 0.358 e. The van der Waals surface area contributed by atoms with Crippen molar-refractivity contribution in [3.05, 3.63) is 12.7 Å². The van der Waals surface area contributed by atoms with Crippen LogP contribution in [0.15, 0.2) is 12.7 Å². The Kier molecular flexibility index (Phi) is 4.10. The quantitative estimate of drug-likeness (QED) is 0.462. The number of rotatable bonds is 3. The van der Waals surface area contributed by atoms with E-state index in [1.165, 1.54) is 6.08 Å². The Bertz CT molecular complexity index is 259. The van der Waals surface area contributed by atoms with Crippen molar-refractivity contribution >= 4 is 37.2 Å². The second-order valence-electron chi connectivity index (χ2n) is 2.76. The van der Waals surface area contributed by atoms with Crippen molar-refractivity contribution in [2.45, 2.75) is 23.6 Å². The Morgan fingerprint density at radius 2 is 2.46 bits per heavy atom. The summed E-state index contributed by atoms with van der Waals surface area (Å²) in [6.07, 6.45) is 0.927. The molecule has 1 rings (SSSR count). The van der Waals surface area contributed by atoms with Crippen LogP contribution in [0.4, 0.5) is 4.20 Å². The molecule has 6 heteroatoms. The maximum absolute atomic E-state index is 12.7. The molecule has 1 aliphatic heterocycles. The van der Waals surface area contributed by atoms with Gasteiger partial charge in [0.2, 0.25) is 0 Å². The lowest BCUT2D eigenvalue weighted by atomic mass is 10.1. The number of hydrogen-bond donors (Lipinski definition) is 1. The summed E-state index contributed by atoms with van der Waals surface area (Å²) >= 11 is 8.65. The van der Waals surface area contributed by atoms with Gasteiger partial charge in [-0.05, 0) is 12.5 Å². The molecule has 1 aliphatic rings. The highest BCUT2D eigenvalue weighted by Crippen LogP contribution is 2.41. The van der Waals surface area contributed by atoms with E-state index in [1.807, 2.05) is 0 Å². The number of carbonyl (C=O) groups is 1. The summed E-state index contributed by atoms with van der Waals surface area (Å²) in [5.41, 5.74) is 0. The highest BCUT2D eigenvalue weighted by Gasteiger charge is 2.37. The lowest BCUT2D eigenvalue weighted by Gasteiger charge is -2.10. The van der Waals surface area contributed by atoms with Crippen molar-refractivity contribution in [3.63, 3.8) is 0 Å². The lowest BCUT2D eigenvalue weighted by molar-refractivity contribution is -0.123. The maximum Gasteiger partial charge on any atom is 0.184 e. The fourth-order valence-corrected chi connectivity index (χ4v) is 2.94. The average Bonchev–Trinajstić information content (AvgIpc) is 2.46. The smallest absolute Gasteiger partial charge is 0.184 e. The molecule has 0 saturated carbocycles. The topological polar surface area (TPSA) is 26.3 Å². The number of hydrogen-bond acceptors (Lipinski definition) is 4. The van der Waals surface area contributed by atoms with E-state index in [1.54, 1.807) is 0 Å². The summed E-state index contributed by atoms with van der Waals surface area (Å²) in [5.74, 6) is -0.836. The minimum Gasteiger partial charge on any atom is -0.358 e. The first-order valence-electron chi connectivity index (χ1n) is 3.75. The second kappa shape index (κ2) is 4.69. The van der Waals surface area contributed by atoms with Crippen LogP contribution in [0.3, 0.4) is 0 Å². The average molecular weight is 240 g/mol. The van der Waals surface area contributed by atoms with Crippen molar-refractivity contribution in [2.75, 3.05) is 0 Å². The highest BCUT2D eigenvalue weighted by atomic mass is 32.4. The SMILES string of the molecule is C=CC(=O)C1OC([PH](F)=S)CC1S.